The van der Waals surface area contributed by atoms with Crippen molar-refractivity contribution >= 4 is 11.6 Å². The molecule has 2 atom stereocenters. The molecule has 2 aliphatic heterocycles. The molecule has 1 aromatic carbocycles. The van der Waals surface area contributed by atoms with Crippen molar-refractivity contribution in [3.63, 3.8) is 0 Å². The highest BCUT2D eigenvalue weighted by atomic mass is 16.5. The summed E-state index contributed by atoms with van der Waals surface area (Å²) in [5.41, 5.74) is 2.14. The maximum atomic E-state index is 12.1. The van der Waals surface area contributed by atoms with Gasteiger partial charge in [0.25, 0.3) is 0 Å². The number of ether oxygens (including phenoxy) is 1. The van der Waals surface area contributed by atoms with E-state index < -0.39 is 0 Å². The third-order valence-electron chi connectivity index (χ3n) is 3.87. The molecule has 2 heterocycles. The van der Waals surface area contributed by atoms with E-state index in [1.165, 1.54) is 5.56 Å². The molecule has 2 N–H and O–H groups in total. The molecule has 1 saturated heterocycles. The first-order valence-electron chi connectivity index (χ1n) is 6.97. The highest BCUT2D eigenvalue weighted by Crippen LogP contribution is 2.40. The second-order valence-corrected chi connectivity index (χ2v) is 5.61. The molecule has 19 heavy (non-hydrogen) atoms. The van der Waals surface area contributed by atoms with Crippen molar-refractivity contribution in [2.24, 2.45) is 5.92 Å². The lowest BCUT2D eigenvalue weighted by Crippen LogP contribution is -2.44. The molecule has 0 aromatic heterocycles. The highest BCUT2D eigenvalue weighted by molar-refractivity contribution is 5.96. The molecular formula is C15H20N2O2. The van der Waals surface area contributed by atoms with Crippen LogP contribution in [0, 0.1) is 5.92 Å². The molecule has 1 fully saturated rings. The Morgan fingerprint density at radius 2 is 2.16 bits per heavy atom. The minimum absolute atomic E-state index is 0.100. The molecule has 4 nitrogen and oxygen atoms in total. The number of hydrogen-bond donors (Lipinski definition) is 2. The Labute approximate surface area is 113 Å². The number of anilines is 1. The fourth-order valence-corrected chi connectivity index (χ4v) is 3.03. The highest BCUT2D eigenvalue weighted by Gasteiger charge is 2.37. The number of piperidine rings is 1. The molecule has 0 saturated carbocycles. The minimum Gasteiger partial charge on any atom is -0.491 e. The van der Waals surface area contributed by atoms with Crippen LogP contribution in [0.25, 0.3) is 0 Å². The SMILES string of the molecule is CC(C)Oc1ccc2c(c1)C1CNCCC1C(=O)N2. The van der Waals surface area contributed by atoms with Crippen LogP contribution in [0.3, 0.4) is 0 Å². The monoisotopic (exact) mass is 260 g/mol. The van der Waals surface area contributed by atoms with E-state index in [2.05, 4.69) is 16.7 Å². The van der Waals surface area contributed by atoms with E-state index in [9.17, 15) is 4.79 Å². The molecule has 2 unspecified atom stereocenters. The van der Waals surface area contributed by atoms with Crippen LogP contribution in [0.5, 0.6) is 5.75 Å². The summed E-state index contributed by atoms with van der Waals surface area (Å²) < 4.78 is 5.75. The molecular weight excluding hydrogens is 240 g/mol. The first-order valence-corrected chi connectivity index (χ1v) is 6.97. The molecule has 0 aliphatic carbocycles. The smallest absolute Gasteiger partial charge is 0.228 e. The van der Waals surface area contributed by atoms with Gasteiger partial charge < -0.3 is 15.4 Å². The summed E-state index contributed by atoms with van der Waals surface area (Å²) in [7, 11) is 0. The number of fused-ring (bicyclic) bond motifs is 3. The zero-order valence-electron chi connectivity index (χ0n) is 11.4. The summed E-state index contributed by atoms with van der Waals surface area (Å²) in [5, 5.41) is 6.40. The predicted molar refractivity (Wildman–Crippen MR) is 74.6 cm³/mol. The van der Waals surface area contributed by atoms with E-state index >= 15 is 0 Å². The number of hydrogen-bond acceptors (Lipinski definition) is 3. The Bertz CT molecular complexity index is 499. The third kappa shape index (κ3) is 2.32. The second kappa shape index (κ2) is 4.85. The summed E-state index contributed by atoms with van der Waals surface area (Å²) >= 11 is 0. The summed E-state index contributed by atoms with van der Waals surface area (Å²) in [6.07, 6.45) is 1.07. The topological polar surface area (TPSA) is 50.4 Å². The number of nitrogens with one attached hydrogen (secondary N) is 2. The van der Waals surface area contributed by atoms with Gasteiger partial charge in [0, 0.05) is 24.1 Å². The van der Waals surface area contributed by atoms with E-state index in [-0.39, 0.29) is 23.8 Å². The fourth-order valence-electron chi connectivity index (χ4n) is 3.03. The number of amides is 1. The van der Waals surface area contributed by atoms with Crippen LogP contribution in [0.15, 0.2) is 18.2 Å². The van der Waals surface area contributed by atoms with Crippen molar-refractivity contribution in [1.82, 2.24) is 5.32 Å². The molecule has 0 spiro atoms. The lowest BCUT2D eigenvalue weighted by atomic mass is 9.77. The van der Waals surface area contributed by atoms with Gasteiger partial charge in [0.2, 0.25) is 5.91 Å². The molecule has 2 aliphatic rings. The van der Waals surface area contributed by atoms with E-state index in [0.717, 1.165) is 30.9 Å². The summed E-state index contributed by atoms with van der Waals surface area (Å²) in [6, 6.07) is 5.96. The van der Waals surface area contributed by atoms with Crippen molar-refractivity contribution in [2.45, 2.75) is 32.3 Å². The van der Waals surface area contributed by atoms with E-state index in [0.29, 0.717) is 0 Å². The molecule has 102 valence electrons. The van der Waals surface area contributed by atoms with Crippen molar-refractivity contribution in [2.75, 3.05) is 18.4 Å². The van der Waals surface area contributed by atoms with Crippen molar-refractivity contribution < 1.29 is 9.53 Å². The lowest BCUT2D eigenvalue weighted by molar-refractivity contribution is -0.121. The lowest BCUT2D eigenvalue weighted by Gasteiger charge is -2.36. The van der Waals surface area contributed by atoms with Gasteiger partial charge in [0.1, 0.15) is 5.75 Å². The maximum Gasteiger partial charge on any atom is 0.228 e. The Balaban J connectivity index is 1.96. The molecule has 0 radical (unpaired) electrons. The molecule has 0 bridgehead atoms. The summed E-state index contributed by atoms with van der Waals surface area (Å²) in [5.74, 6) is 1.42. The number of benzene rings is 1. The summed E-state index contributed by atoms with van der Waals surface area (Å²) in [6.45, 7) is 5.83. The van der Waals surface area contributed by atoms with Gasteiger partial charge in [-0.1, -0.05) is 0 Å². The Morgan fingerprint density at radius 3 is 2.95 bits per heavy atom. The Kier molecular flexibility index (Phi) is 3.19. The van der Waals surface area contributed by atoms with Gasteiger partial charge >= 0.3 is 0 Å². The van der Waals surface area contributed by atoms with Gasteiger partial charge in [-0.25, -0.2) is 0 Å². The first-order chi connectivity index (χ1) is 9.15. The largest absolute Gasteiger partial charge is 0.491 e. The minimum atomic E-state index is 0.100. The van der Waals surface area contributed by atoms with Crippen LogP contribution in [-0.4, -0.2) is 25.1 Å². The van der Waals surface area contributed by atoms with E-state index in [4.69, 9.17) is 4.74 Å². The fraction of sp³-hybridized carbons (Fsp3) is 0.533. The van der Waals surface area contributed by atoms with Crippen LogP contribution in [0.2, 0.25) is 0 Å². The Morgan fingerprint density at radius 1 is 1.32 bits per heavy atom. The van der Waals surface area contributed by atoms with Crippen molar-refractivity contribution in [1.29, 1.82) is 0 Å². The van der Waals surface area contributed by atoms with Gasteiger partial charge in [-0.2, -0.15) is 0 Å². The van der Waals surface area contributed by atoms with Crippen LogP contribution in [-0.2, 0) is 4.79 Å². The second-order valence-electron chi connectivity index (χ2n) is 5.61. The van der Waals surface area contributed by atoms with Crippen LogP contribution in [0.4, 0.5) is 5.69 Å². The number of carbonyl (C=O) groups is 1. The number of carbonyl (C=O) groups excluding carboxylic acids is 1. The van der Waals surface area contributed by atoms with Gasteiger partial charge in [-0.05, 0) is 50.6 Å². The van der Waals surface area contributed by atoms with Gasteiger partial charge in [0.05, 0.1) is 6.10 Å². The van der Waals surface area contributed by atoms with Crippen LogP contribution in [0.1, 0.15) is 31.7 Å². The van der Waals surface area contributed by atoms with Gasteiger partial charge in [-0.3, -0.25) is 4.79 Å². The van der Waals surface area contributed by atoms with Crippen molar-refractivity contribution in [3.05, 3.63) is 23.8 Å². The zero-order chi connectivity index (χ0) is 13.4. The first kappa shape index (κ1) is 12.5. The third-order valence-corrected chi connectivity index (χ3v) is 3.87. The van der Waals surface area contributed by atoms with Crippen LogP contribution < -0.4 is 15.4 Å². The average molecular weight is 260 g/mol. The molecule has 3 rings (SSSR count). The standard InChI is InChI=1S/C15H20N2O2/c1-9(2)19-10-3-4-14-12(7-10)13-8-16-6-5-11(13)15(18)17-14/h3-4,7,9,11,13,16H,5-6,8H2,1-2H3,(H,17,18). The van der Waals surface area contributed by atoms with Crippen molar-refractivity contribution in [3.8, 4) is 5.75 Å². The van der Waals surface area contributed by atoms with E-state index in [1.54, 1.807) is 0 Å². The zero-order valence-corrected chi connectivity index (χ0v) is 11.4. The Hall–Kier alpha value is -1.55. The molecule has 1 aromatic rings. The molecule has 1 amide bonds. The summed E-state index contributed by atoms with van der Waals surface area (Å²) in [4.78, 5) is 12.1. The maximum absolute atomic E-state index is 12.1. The van der Waals surface area contributed by atoms with Gasteiger partial charge in [0.15, 0.2) is 0 Å². The normalized spacial score (nSPS) is 25.5. The van der Waals surface area contributed by atoms with E-state index in [1.807, 2.05) is 26.0 Å². The average Bonchev–Trinajstić information content (AvgIpc) is 2.39. The van der Waals surface area contributed by atoms with Gasteiger partial charge in [-0.15, -0.1) is 0 Å². The predicted octanol–water partition coefficient (Wildman–Crippen LogP) is 2.12. The van der Waals surface area contributed by atoms with Crippen LogP contribution >= 0.6 is 0 Å². The molecule has 4 heteroatoms. The quantitative estimate of drug-likeness (QED) is 0.856. The number of rotatable bonds is 2.